The number of nitrogens with one attached hydrogen (secondary N) is 1. The van der Waals surface area contributed by atoms with E-state index in [4.69, 9.17) is 0 Å². The summed E-state index contributed by atoms with van der Waals surface area (Å²) in [4.78, 5) is 8.34. The number of unbranched alkanes of at least 4 members (excludes halogenated alkanes) is 27. The molecule has 0 atom stereocenters. The van der Waals surface area contributed by atoms with Crippen molar-refractivity contribution < 1.29 is 0 Å². The van der Waals surface area contributed by atoms with Crippen LogP contribution in [0.5, 0.6) is 0 Å². The molecule has 0 aromatic rings. The van der Waals surface area contributed by atoms with Gasteiger partial charge in [-0.15, -0.1) is 0 Å². The molecular weight excluding hydrogens is 573 g/mol. The van der Waals surface area contributed by atoms with E-state index in [1.54, 1.807) is 0 Å². The van der Waals surface area contributed by atoms with Gasteiger partial charge in [0.2, 0.25) is 0 Å². The molecule has 1 aliphatic heterocycles. The predicted octanol–water partition coefficient (Wildman–Crippen LogP) is 12.2. The topological polar surface area (TPSA) is 21.8 Å². The first-order chi connectivity index (χ1) is 23.3. The first kappa shape index (κ1) is 44.9. The minimum Gasteiger partial charge on any atom is -0.303 e. The second kappa shape index (κ2) is 37.1. The Kier molecular flexibility index (Phi) is 35.4. The first-order valence-corrected chi connectivity index (χ1v) is 22.2. The van der Waals surface area contributed by atoms with E-state index >= 15 is 0 Å². The molecule has 0 aromatic carbocycles. The first-order valence-electron chi connectivity index (χ1n) is 22.2. The maximum absolute atomic E-state index is 3.54. The Bertz CT molecular complexity index is 554. The minimum absolute atomic E-state index is 1.09. The molecule has 0 aromatic heterocycles. The van der Waals surface area contributed by atoms with Crippen molar-refractivity contribution in [3.05, 3.63) is 0 Å². The van der Waals surface area contributed by atoms with E-state index in [0.29, 0.717) is 0 Å². The molecule has 1 fully saturated rings. The summed E-state index contributed by atoms with van der Waals surface area (Å²) in [7, 11) is 0. The van der Waals surface area contributed by atoms with Crippen molar-refractivity contribution in [1.29, 1.82) is 0 Å². The highest BCUT2D eigenvalue weighted by Crippen LogP contribution is 2.14. The average Bonchev–Trinajstić information content (AvgIpc) is 3.61. The molecule has 4 heteroatoms. The summed E-state index contributed by atoms with van der Waals surface area (Å²) in [5.41, 5.74) is 0. The zero-order valence-electron chi connectivity index (χ0n) is 33.1. The van der Waals surface area contributed by atoms with Gasteiger partial charge in [0.25, 0.3) is 0 Å². The second-order valence-electron chi connectivity index (χ2n) is 15.5. The van der Waals surface area contributed by atoms with E-state index in [2.05, 4.69) is 40.8 Å². The van der Waals surface area contributed by atoms with Crippen LogP contribution in [0.2, 0.25) is 0 Å². The van der Waals surface area contributed by atoms with Crippen molar-refractivity contribution in [3.63, 3.8) is 0 Å². The third-order valence-electron chi connectivity index (χ3n) is 10.9. The maximum Gasteiger partial charge on any atom is 0.0481 e. The van der Waals surface area contributed by atoms with Crippen LogP contribution >= 0.6 is 0 Å². The molecule has 1 aliphatic rings. The van der Waals surface area contributed by atoms with E-state index in [1.165, 1.54) is 252 Å². The lowest BCUT2D eigenvalue weighted by Crippen LogP contribution is -2.40. The molecule has 0 radical (unpaired) electrons. The Morgan fingerprint density at radius 3 is 0.957 bits per heavy atom. The SMILES string of the molecule is CCCCCCCCCCCCN(CCCCCCCCCCCC)CCN(CCCCCCCCCCCC)CCN1CCNC1. The summed E-state index contributed by atoms with van der Waals surface area (Å²) >= 11 is 0. The van der Waals surface area contributed by atoms with E-state index in [-0.39, 0.29) is 0 Å². The van der Waals surface area contributed by atoms with E-state index in [0.717, 1.165) is 6.67 Å². The molecule has 1 rings (SSSR count). The molecule has 0 unspecified atom stereocenters. The molecule has 0 bridgehead atoms. The van der Waals surface area contributed by atoms with Crippen molar-refractivity contribution in [2.24, 2.45) is 0 Å². The minimum atomic E-state index is 1.09. The fourth-order valence-corrected chi connectivity index (χ4v) is 7.45. The Morgan fingerprint density at radius 2 is 0.660 bits per heavy atom. The Balaban J connectivity index is 2.41. The standard InChI is InChI=1S/C43H90N4/c1-4-7-10-13-16-19-22-25-28-31-35-45(36-32-29-26-23-20-17-14-11-8-5-2)39-40-46(41-42-47-38-34-44-43-47)37-33-30-27-24-21-18-15-12-9-6-3/h44H,4-43H2,1-3H3. The predicted molar refractivity (Wildman–Crippen MR) is 213 cm³/mol. The van der Waals surface area contributed by atoms with Crippen LogP contribution in [-0.4, -0.2) is 80.3 Å². The van der Waals surface area contributed by atoms with Crippen LogP contribution in [0.4, 0.5) is 0 Å². The lowest BCUT2D eigenvalue weighted by Gasteiger charge is -2.29. The van der Waals surface area contributed by atoms with Gasteiger partial charge in [-0.3, -0.25) is 4.90 Å². The summed E-state index contributed by atoms with van der Waals surface area (Å²) in [6.07, 6.45) is 43.2. The highest BCUT2D eigenvalue weighted by Gasteiger charge is 2.14. The molecule has 1 saturated heterocycles. The van der Waals surface area contributed by atoms with Crippen molar-refractivity contribution >= 4 is 0 Å². The molecule has 4 nitrogen and oxygen atoms in total. The summed E-state index contributed by atoms with van der Waals surface area (Å²) in [6, 6.07) is 0. The molecule has 0 saturated carbocycles. The maximum atomic E-state index is 3.54. The van der Waals surface area contributed by atoms with Crippen LogP contribution in [0.3, 0.4) is 0 Å². The zero-order chi connectivity index (χ0) is 33.7. The summed E-state index contributed by atoms with van der Waals surface area (Å²) < 4.78 is 0. The number of hydrogen-bond donors (Lipinski definition) is 1. The zero-order valence-corrected chi connectivity index (χ0v) is 33.1. The number of rotatable bonds is 39. The Labute approximate surface area is 298 Å². The molecule has 1 heterocycles. The van der Waals surface area contributed by atoms with Crippen LogP contribution in [0, 0.1) is 0 Å². The van der Waals surface area contributed by atoms with Gasteiger partial charge in [0, 0.05) is 45.9 Å². The van der Waals surface area contributed by atoms with E-state index in [9.17, 15) is 0 Å². The molecule has 0 spiro atoms. The fraction of sp³-hybridized carbons (Fsp3) is 1.00. The van der Waals surface area contributed by atoms with Crippen molar-refractivity contribution in [2.75, 3.05) is 65.6 Å². The van der Waals surface area contributed by atoms with E-state index < -0.39 is 0 Å². The quantitative estimate of drug-likeness (QED) is 0.0661. The number of nitrogens with zero attached hydrogens (tertiary/aromatic N) is 3. The Morgan fingerprint density at radius 1 is 0.362 bits per heavy atom. The molecule has 1 N–H and O–H groups in total. The van der Waals surface area contributed by atoms with Crippen molar-refractivity contribution in [1.82, 2.24) is 20.0 Å². The third kappa shape index (κ3) is 31.6. The highest BCUT2D eigenvalue weighted by molar-refractivity contribution is 4.71. The largest absolute Gasteiger partial charge is 0.303 e. The van der Waals surface area contributed by atoms with Gasteiger partial charge in [0.05, 0.1) is 0 Å². The monoisotopic (exact) mass is 663 g/mol. The van der Waals surface area contributed by atoms with Gasteiger partial charge in [-0.2, -0.15) is 0 Å². The van der Waals surface area contributed by atoms with Gasteiger partial charge >= 0.3 is 0 Å². The molecule has 0 aliphatic carbocycles. The average molecular weight is 663 g/mol. The van der Waals surface area contributed by atoms with Gasteiger partial charge in [-0.1, -0.05) is 194 Å². The van der Waals surface area contributed by atoms with Crippen LogP contribution in [0.25, 0.3) is 0 Å². The van der Waals surface area contributed by atoms with Crippen molar-refractivity contribution in [2.45, 2.75) is 213 Å². The summed E-state index contributed by atoms with van der Waals surface area (Å²) in [5, 5.41) is 3.54. The van der Waals surface area contributed by atoms with Gasteiger partial charge in [0.15, 0.2) is 0 Å². The van der Waals surface area contributed by atoms with Crippen LogP contribution in [-0.2, 0) is 0 Å². The molecule has 0 amide bonds. The van der Waals surface area contributed by atoms with Gasteiger partial charge < -0.3 is 15.1 Å². The normalized spacial score (nSPS) is 14.0. The highest BCUT2D eigenvalue weighted by atomic mass is 15.3. The van der Waals surface area contributed by atoms with Crippen LogP contribution < -0.4 is 5.32 Å². The second-order valence-corrected chi connectivity index (χ2v) is 15.5. The van der Waals surface area contributed by atoms with Crippen LogP contribution in [0.15, 0.2) is 0 Å². The number of hydrogen-bond acceptors (Lipinski definition) is 4. The van der Waals surface area contributed by atoms with Gasteiger partial charge in [-0.25, -0.2) is 0 Å². The van der Waals surface area contributed by atoms with Crippen molar-refractivity contribution in [3.8, 4) is 0 Å². The third-order valence-corrected chi connectivity index (χ3v) is 10.9. The molecule has 282 valence electrons. The molecular formula is C43H90N4. The Hall–Kier alpha value is -0.160. The lowest BCUT2D eigenvalue weighted by molar-refractivity contribution is 0.178. The summed E-state index contributed by atoms with van der Waals surface area (Å²) in [6.45, 7) is 19.5. The lowest BCUT2D eigenvalue weighted by atomic mass is 10.1. The smallest absolute Gasteiger partial charge is 0.0481 e. The fourth-order valence-electron chi connectivity index (χ4n) is 7.45. The van der Waals surface area contributed by atoms with Crippen LogP contribution in [0.1, 0.15) is 213 Å². The van der Waals surface area contributed by atoms with Gasteiger partial charge in [-0.05, 0) is 38.9 Å². The van der Waals surface area contributed by atoms with Gasteiger partial charge in [0.1, 0.15) is 0 Å². The molecule has 47 heavy (non-hydrogen) atoms. The van der Waals surface area contributed by atoms with E-state index in [1.807, 2.05) is 0 Å². The summed E-state index contributed by atoms with van der Waals surface area (Å²) in [5.74, 6) is 0.